The standard InChI is InChI=1S/C28H31N5O2S/c1-30-27-22(16-29)25(15-23(32-27)19-6-7-19)33-12-3-13-35-26-14-20(8-11-24(26)33)28(34)31-17-18-4-9-21(36-2)10-5-18/h4-5,8-11,14-16,19,29H,3,6-7,12-13,17H2,1-2H3,(H,30,32)(H,31,34). The quantitative estimate of drug-likeness (QED) is 0.276. The van der Waals surface area contributed by atoms with E-state index in [1.54, 1.807) is 11.8 Å². The Morgan fingerprint density at radius 1 is 1.19 bits per heavy atom. The number of ether oxygens (including phenoxy) is 1. The van der Waals surface area contributed by atoms with Crippen molar-refractivity contribution in [2.24, 2.45) is 0 Å². The molecule has 36 heavy (non-hydrogen) atoms. The van der Waals surface area contributed by atoms with E-state index in [1.165, 1.54) is 11.1 Å². The highest BCUT2D eigenvalue weighted by Gasteiger charge is 2.29. The number of anilines is 3. The Hall–Kier alpha value is -3.52. The number of carbonyl (C=O) groups excluding carboxylic acids is 1. The Labute approximate surface area is 216 Å². The molecule has 3 aromatic rings. The second-order valence-electron chi connectivity index (χ2n) is 9.06. The zero-order chi connectivity index (χ0) is 25.1. The van der Waals surface area contributed by atoms with Crippen LogP contribution < -0.4 is 20.3 Å². The molecule has 1 aliphatic carbocycles. The zero-order valence-electron chi connectivity index (χ0n) is 20.6. The molecule has 5 rings (SSSR count). The summed E-state index contributed by atoms with van der Waals surface area (Å²) >= 11 is 1.70. The average molecular weight is 502 g/mol. The number of aromatic nitrogens is 1. The summed E-state index contributed by atoms with van der Waals surface area (Å²) in [7, 11) is 1.84. The number of rotatable bonds is 8. The molecule has 8 heteroatoms. The van der Waals surface area contributed by atoms with Gasteiger partial charge < -0.3 is 25.7 Å². The highest BCUT2D eigenvalue weighted by molar-refractivity contribution is 7.98. The molecule has 2 heterocycles. The van der Waals surface area contributed by atoms with Crippen LogP contribution in [0, 0.1) is 5.41 Å². The fraction of sp³-hybridized carbons (Fsp3) is 0.321. The lowest BCUT2D eigenvalue weighted by Gasteiger charge is -2.27. The number of hydrogen-bond acceptors (Lipinski definition) is 7. The van der Waals surface area contributed by atoms with Gasteiger partial charge in [0.2, 0.25) is 0 Å². The first-order valence-corrected chi connectivity index (χ1v) is 13.5. The average Bonchev–Trinajstić information content (AvgIpc) is 3.78. The van der Waals surface area contributed by atoms with E-state index in [1.807, 2.05) is 43.6 Å². The lowest BCUT2D eigenvalue weighted by Crippen LogP contribution is -2.23. The number of amides is 1. The molecule has 1 aromatic heterocycles. The van der Waals surface area contributed by atoms with Crippen molar-refractivity contribution in [3.63, 3.8) is 0 Å². The molecule has 1 fully saturated rings. The number of nitrogens with zero attached hydrogens (tertiary/aromatic N) is 2. The van der Waals surface area contributed by atoms with Crippen LogP contribution in [0.4, 0.5) is 17.2 Å². The Morgan fingerprint density at radius 2 is 2.00 bits per heavy atom. The molecular formula is C28H31N5O2S. The van der Waals surface area contributed by atoms with Crippen molar-refractivity contribution in [3.05, 3.63) is 70.9 Å². The molecule has 3 N–H and O–H groups in total. The second-order valence-corrected chi connectivity index (χ2v) is 9.94. The molecular weight excluding hydrogens is 470 g/mol. The first-order valence-electron chi connectivity index (χ1n) is 12.3. The molecule has 0 bridgehead atoms. The number of fused-ring (bicyclic) bond motifs is 1. The topological polar surface area (TPSA) is 90.3 Å². The molecule has 0 radical (unpaired) electrons. The highest BCUT2D eigenvalue weighted by Crippen LogP contribution is 2.44. The molecule has 0 saturated heterocycles. The minimum atomic E-state index is -0.135. The second kappa shape index (κ2) is 10.6. The summed E-state index contributed by atoms with van der Waals surface area (Å²) in [5.41, 5.74) is 5.28. The van der Waals surface area contributed by atoms with Gasteiger partial charge in [0, 0.05) is 48.4 Å². The van der Waals surface area contributed by atoms with E-state index in [-0.39, 0.29) is 5.91 Å². The Bertz CT molecular complexity index is 1270. The molecule has 7 nitrogen and oxygen atoms in total. The van der Waals surface area contributed by atoms with Crippen molar-refractivity contribution in [1.82, 2.24) is 10.3 Å². The van der Waals surface area contributed by atoms with Gasteiger partial charge in [0.1, 0.15) is 11.6 Å². The van der Waals surface area contributed by atoms with Crippen LogP contribution >= 0.6 is 11.8 Å². The van der Waals surface area contributed by atoms with Gasteiger partial charge in [-0.1, -0.05) is 12.1 Å². The van der Waals surface area contributed by atoms with Gasteiger partial charge in [-0.3, -0.25) is 4.79 Å². The van der Waals surface area contributed by atoms with Crippen LogP contribution in [-0.2, 0) is 6.54 Å². The van der Waals surface area contributed by atoms with E-state index in [2.05, 4.69) is 33.7 Å². The predicted octanol–water partition coefficient (Wildman–Crippen LogP) is 5.57. The number of benzene rings is 2. The van der Waals surface area contributed by atoms with Crippen molar-refractivity contribution >= 4 is 41.1 Å². The summed E-state index contributed by atoms with van der Waals surface area (Å²) in [5, 5.41) is 14.3. The third-order valence-corrected chi connectivity index (χ3v) is 7.38. The summed E-state index contributed by atoms with van der Waals surface area (Å²) in [5.74, 6) is 1.75. The highest BCUT2D eigenvalue weighted by atomic mass is 32.2. The van der Waals surface area contributed by atoms with Gasteiger partial charge >= 0.3 is 0 Å². The van der Waals surface area contributed by atoms with Gasteiger partial charge in [-0.05, 0) is 67.5 Å². The third kappa shape index (κ3) is 5.04. The maximum Gasteiger partial charge on any atom is 0.251 e. The smallest absolute Gasteiger partial charge is 0.251 e. The molecule has 186 valence electrons. The van der Waals surface area contributed by atoms with E-state index in [4.69, 9.17) is 15.1 Å². The van der Waals surface area contributed by atoms with Crippen LogP contribution in [-0.4, -0.2) is 43.6 Å². The molecule has 2 aliphatic rings. The number of thioether (sulfide) groups is 1. The Morgan fingerprint density at radius 3 is 2.69 bits per heavy atom. The number of hydrogen-bond donors (Lipinski definition) is 3. The summed E-state index contributed by atoms with van der Waals surface area (Å²) in [6, 6.07) is 15.9. The van der Waals surface area contributed by atoms with E-state index in [0.717, 1.165) is 59.8 Å². The number of nitrogens with one attached hydrogen (secondary N) is 3. The monoisotopic (exact) mass is 501 g/mol. The van der Waals surface area contributed by atoms with Crippen LogP contribution in [0.5, 0.6) is 5.75 Å². The van der Waals surface area contributed by atoms with Gasteiger partial charge in [-0.2, -0.15) is 0 Å². The maximum atomic E-state index is 12.9. The van der Waals surface area contributed by atoms with Crippen LogP contribution in [0.1, 0.15) is 52.4 Å². The lowest BCUT2D eigenvalue weighted by atomic mass is 10.1. The Balaban J connectivity index is 1.42. The molecule has 1 amide bonds. The summed E-state index contributed by atoms with van der Waals surface area (Å²) in [6.07, 6.45) is 6.54. The molecule has 0 spiro atoms. The predicted molar refractivity (Wildman–Crippen MR) is 147 cm³/mol. The van der Waals surface area contributed by atoms with Gasteiger partial charge in [-0.25, -0.2) is 4.98 Å². The first-order chi connectivity index (χ1) is 17.6. The summed E-state index contributed by atoms with van der Waals surface area (Å²) in [4.78, 5) is 21.1. The molecule has 1 aliphatic heterocycles. The van der Waals surface area contributed by atoms with Crippen molar-refractivity contribution in [1.29, 1.82) is 5.41 Å². The van der Waals surface area contributed by atoms with Gasteiger partial charge in [0.25, 0.3) is 5.91 Å². The normalized spacial score (nSPS) is 14.9. The van der Waals surface area contributed by atoms with Crippen LogP contribution in [0.25, 0.3) is 0 Å². The van der Waals surface area contributed by atoms with Crippen molar-refractivity contribution in [2.45, 2.75) is 36.6 Å². The molecule has 0 unspecified atom stereocenters. The SMILES string of the molecule is CNc1nc(C2CC2)cc(N2CCCOc3cc(C(=O)NCc4ccc(SC)cc4)ccc32)c1C=N. The van der Waals surface area contributed by atoms with E-state index < -0.39 is 0 Å². The van der Waals surface area contributed by atoms with Crippen LogP contribution in [0.3, 0.4) is 0 Å². The van der Waals surface area contributed by atoms with Crippen LogP contribution in [0.2, 0.25) is 0 Å². The number of carbonyl (C=O) groups is 1. The molecule has 1 saturated carbocycles. The van der Waals surface area contributed by atoms with Gasteiger partial charge in [0.05, 0.1) is 23.5 Å². The van der Waals surface area contributed by atoms with Crippen molar-refractivity contribution < 1.29 is 9.53 Å². The van der Waals surface area contributed by atoms with E-state index in [0.29, 0.717) is 30.4 Å². The first kappa shape index (κ1) is 24.2. The Kier molecular flexibility index (Phi) is 7.13. The van der Waals surface area contributed by atoms with Crippen molar-refractivity contribution in [3.8, 4) is 5.75 Å². The van der Waals surface area contributed by atoms with Crippen LogP contribution in [0.15, 0.2) is 53.4 Å². The summed E-state index contributed by atoms with van der Waals surface area (Å²) in [6.45, 7) is 1.78. The largest absolute Gasteiger partial charge is 0.491 e. The third-order valence-electron chi connectivity index (χ3n) is 6.63. The minimum absolute atomic E-state index is 0.135. The zero-order valence-corrected chi connectivity index (χ0v) is 21.5. The van der Waals surface area contributed by atoms with E-state index in [9.17, 15) is 4.79 Å². The van der Waals surface area contributed by atoms with Gasteiger partial charge in [-0.15, -0.1) is 11.8 Å². The fourth-order valence-electron chi connectivity index (χ4n) is 4.50. The fourth-order valence-corrected chi connectivity index (χ4v) is 4.91. The maximum absolute atomic E-state index is 12.9. The minimum Gasteiger partial charge on any atom is -0.491 e. The van der Waals surface area contributed by atoms with Crippen molar-refractivity contribution in [2.75, 3.05) is 36.7 Å². The molecule has 2 aromatic carbocycles. The van der Waals surface area contributed by atoms with Gasteiger partial charge in [0.15, 0.2) is 0 Å². The lowest BCUT2D eigenvalue weighted by molar-refractivity contribution is 0.0950. The van der Waals surface area contributed by atoms with E-state index >= 15 is 0 Å². The molecule has 0 atom stereocenters. The summed E-state index contributed by atoms with van der Waals surface area (Å²) < 4.78 is 6.09. The number of pyridine rings is 1.